The van der Waals surface area contributed by atoms with Crippen LogP contribution in [0, 0.1) is 10.1 Å². The molecule has 8 heteroatoms. The lowest BCUT2D eigenvalue weighted by Gasteiger charge is -2.05. The van der Waals surface area contributed by atoms with E-state index in [1.807, 2.05) is 6.92 Å². The molecule has 2 aromatic rings. The maximum absolute atomic E-state index is 10.9. The van der Waals surface area contributed by atoms with Crippen molar-refractivity contribution in [2.24, 2.45) is 0 Å². The number of ether oxygens (including phenoxy) is 1. The van der Waals surface area contributed by atoms with Gasteiger partial charge in [0.25, 0.3) is 11.6 Å². The quantitative estimate of drug-likeness (QED) is 0.450. The molecule has 0 saturated heterocycles. The molecule has 0 spiro atoms. The predicted octanol–water partition coefficient (Wildman–Crippen LogP) is 1.93. The molecule has 1 aromatic carbocycles. The third-order valence-corrected chi connectivity index (χ3v) is 2.49. The zero-order chi connectivity index (χ0) is 14.5. The molecule has 1 heterocycles. The van der Waals surface area contributed by atoms with E-state index in [2.05, 4.69) is 10.2 Å². The Morgan fingerprint density at radius 3 is 2.75 bits per heavy atom. The van der Waals surface area contributed by atoms with Gasteiger partial charge in [-0.3, -0.25) is 14.9 Å². The number of nitro benzene ring substituents is 1. The summed E-state index contributed by atoms with van der Waals surface area (Å²) in [5.41, 5.74) is -0.0834. The van der Waals surface area contributed by atoms with Gasteiger partial charge in [0.2, 0.25) is 5.89 Å². The predicted molar refractivity (Wildman–Crippen MR) is 66.5 cm³/mol. The van der Waals surface area contributed by atoms with Gasteiger partial charge >= 0.3 is 0 Å². The third-order valence-electron chi connectivity index (χ3n) is 2.49. The van der Waals surface area contributed by atoms with Gasteiger partial charge in [-0.05, 0) is 6.07 Å². The number of rotatable bonds is 6. The summed E-state index contributed by atoms with van der Waals surface area (Å²) in [5.74, 6) is 0.988. The standard InChI is InChI=1S/C12H11N3O5/c1-2-11-13-14-12(20-11)7-19-10-4-3-9(15(17)18)5-8(10)6-16/h3-6H,2,7H2,1H3. The molecule has 20 heavy (non-hydrogen) atoms. The van der Waals surface area contributed by atoms with Crippen molar-refractivity contribution in [3.8, 4) is 5.75 Å². The first-order valence-electron chi connectivity index (χ1n) is 5.81. The molecule has 0 aliphatic rings. The van der Waals surface area contributed by atoms with Gasteiger partial charge in [0, 0.05) is 18.6 Å². The molecular formula is C12H11N3O5. The van der Waals surface area contributed by atoms with E-state index in [1.165, 1.54) is 12.1 Å². The van der Waals surface area contributed by atoms with Crippen molar-refractivity contribution in [1.82, 2.24) is 10.2 Å². The fourth-order valence-corrected chi connectivity index (χ4v) is 1.50. The van der Waals surface area contributed by atoms with Crippen LogP contribution in [0.5, 0.6) is 5.75 Å². The zero-order valence-corrected chi connectivity index (χ0v) is 10.6. The minimum atomic E-state index is -0.581. The summed E-state index contributed by atoms with van der Waals surface area (Å²) in [5, 5.41) is 18.1. The number of aromatic nitrogens is 2. The van der Waals surface area contributed by atoms with E-state index in [4.69, 9.17) is 9.15 Å². The molecule has 8 nitrogen and oxygen atoms in total. The Bertz CT molecular complexity index is 638. The average Bonchev–Trinajstić information content (AvgIpc) is 2.92. The van der Waals surface area contributed by atoms with Gasteiger partial charge in [0.05, 0.1) is 10.5 Å². The molecule has 0 aliphatic carbocycles. The van der Waals surface area contributed by atoms with Crippen molar-refractivity contribution in [3.05, 3.63) is 45.7 Å². The molecule has 0 amide bonds. The van der Waals surface area contributed by atoms with Crippen LogP contribution >= 0.6 is 0 Å². The van der Waals surface area contributed by atoms with Crippen LogP contribution in [-0.2, 0) is 13.0 Å². The number of nitro groups is 1. The van der Waals surface area contributed by atoms with Crippen molar-refractivity contribution >= 4 is 12.0 Å². The lowest BCUT2D eigenvalue weighted by Crippen LogP contribution is -1.99. The summed E-state index contributed by atoms with van der Waals surface area (Å²) >= 11 is 0. The minimum absolute atomic E-state index is 0.00828. The van der Waals surface area contributed by atoms with Crippen LogP contribution < -0.4 is 4.74 Å². The number of aldehydes is 1. The smallest absolute Gasteiger partial charge is 0.270 e. The summed E-state index contributed by atoms with van der Waals surface area (Å²) in [6.45, 7) is 1.87. The van der Waals surface area contributed by atoms with E-state index >= 15 is 0 Å². The van der Waals surface area contributed by atoms with Crippen molar-refractivity contribution in [1.29, 1.82) is 0 Å². The first-order valence-corrected chi connectivity index (χ1v) is 5.81. The SMILES string of the molecule is CCc1nnc(COc2ccc([N+](=O)[O-])cc2C=O)o1. The average molecular weight is 277 g/mol. The second-order valence-electron chi connectivity index (χ2n) is 3.83. The van der Waals surface area contributed by atoms with Gasteiger partial charge in [-0.15, -0.1) is 10.2 Å². The molecule has 104 valence electrons. The van der Waals surface area contributed by atoms with E-state index in [9.17, 15) is 14.9 Å². The number of benzene rings is 1. The fraction of sp³-hybridized carbons (Fsp3) is 0.250. The largest absolute Gasteiger partial charge is 0.483 e. The Balaban J connectivity index is 2.12. The van der Waals surface area contributed by atoms with Crippen molar-refractivity contribution in [2.75, 3.05) is 0 Å². The van der Waals surface area contributed by atoms with E-state index in [0.717, 1.165) is 6.07 Å². The highest BCUT2D eigenvalue weighted by Gasteiger charge is 2.12. The number of non-ortho nitro benzene ring substituents is 1. The summed E-state index contributed by atoms with van der Waals surface area (Å²) < 4.78 is 10.6. The Labute approximate surface area is 113 Å². The lowest BCUT2D eigenvalue weighted by atomic mass is 10.2. The van der Waals surface area contributed by atoms with Crippen LogP contribution in [0.25, 0.3) is 0 Å². The lowest BCUT2D eigenvalue weighted by molar-refractivity contribution is -0.384. The summed E-state index contributed by atoms with van der Waals surface area (Å²) in [7, 11) is 0. The number of hydrogen-bond donors (Lipinski definition) is 0. The molecule has 0 N–H and O–H groups in total. The van der Waals surface area contributed by atoms with Crippen LogP contribution in [0.4, 0.5) is 5.69 Å². The second kappa shape index (κ2) is 5.91. The molecule has 0 radical (unpaired) electrons. The normalized spacial score (nSPS) is 10.2. The molecule has 0 atom stereocenters. The Kier molecular flexibility index (Phi) is 4.04. The molecule has 0 aliphatic heterocycles. The highest BCUT2D eigenvalue weighted by Crippen LogP contribution is 2.23. The minimum Gasteiger partial charge on any atom is -0.483 e. The number of nitrogens with zero attached hydrogens (tertiary/aromatic N) is 3. The Hall–Kier alpha value is -2.77. The number of hydrogen-bond acceptors (Lipinski definition) is 7. The van der Waals surface area contributed by atoms with Crippen LogP contribution in [0.15, 0.2) is 22.6 Å². The van der Waals surface area contributed by atoms with Gasteiger partial charge in [-0.1, -0.05) is 6.92 Å². The summed E-state index contributed by atoms with van der Waals surface area (Å²) in [6, 6.07) is 3.76. The number of carbonyl (C=O) groups is 1. The first-order chi connectivity index (χ1) is 9.63. The van der Waals surface area contributed by atoms with Crippen molar-refractivity contribution < 1.29 is 18.9 Å². The van der Waals surface area contributed by atoms with E-state index in [-0.39, 0.29) is 29.5 Å². The van der Waals surface area contributed by atoms with Crippen LogP contribution in [0.3, 0.4) is 0 Å². The van der Waals surface area contributed by atoms with Crippen LogP contribution in [-0.4, -0.2) is 21.4 Å². The summed E-state index contributed by atoms with van der Waals surface area (Å²) in [6.07, 6.45) is 1.11. The van der Waals surface area contributed by atoms with Gasteiger partial charge in [0.15, 0.2) is 12.9 Å². The van der Waals surface area contributed by atoms with Crippen LogP contribution in [0.2, 0.25) is 0 Å². The molecule has 2 rings (SSSR count). The molecular weight excluding hydrogens is 266 g/mol. The fourth-order valence-electron chi connectivity index (χ4n) is 1.50. The van der Waals surface area contributed by atoms with Crippen molar-refractivity contribution in [2.45, 2.75) is 20.0 Å². The highest BCUT2D eigenvalue weighted by molar-refractivity contribution is 5.80. The first kappa shape index (κ1) is 13.7. The molecule has 1 aromatic heterocycles. The maximum atomic E-state index is 10.9. The van der Waals surface area contributed by atoms with Crippen LogP contribution in [0.1, 0.15) is 29.1 Å². The van der Waals surface area contributed by atoms with Crippen molar-refractivity contribution in [3.63, 3.8) is 0 Å². The Morgan fingerprint density at radius 2 is 2.15 bits per heavy atom. The number of aryl methyl sites for hydroxylation is 1. The zero-order valence-electron chi connectivity index (χ0n) is 10.6. The third kappa shape index (κ3) is 2.97. The maximum Gasteiger partial charge on any atom is 0.270 e. The Morgan fingerprint density at radius 1 is 1.40 bits per heavy atom. The van der Waals surface area contributed by atoms with E-state index in [1.54, 1.807) is 0 Å². The van der Waals surface area contributed by atoms with Gasteiger partial charge in [-0.2, -0.15) is 0 Å². The van der Waals surface area contributed by atoms with E-state index in [0.29, 0.717) is 18.6 Å². The van der Waals surface area contributed by atoms with E-state index < -0.39 is 4.92 Å². The summed E-state index contributed by atoms with van der Waals surface area (Å²) in [4.78, 5) is 20.9. The van der Waals surface area contributed by atoms with Gasteiger partial charge < -0.3 is 9.15 Å². The molecule has 0 fully saturated rings. The highest BCUT2D eigenvalue weighted by atomic mass is 16.6. The molecule has 0 saturated carbocycles. The van der Waals surface area contributed by atoms with Gasteiger partial charge in [-0.25, -0.2) is 0 Å². The molecule has 0 bridgehead atoms. The van der Waals surface area contributed by atoms with Gasteiger partial charge in [0.1, 0.15) is 5.75 Å². The number of carbonyl (C=O) groups excluding carboxylic acids is 1. The monoisotopic (exact) mass is 277 g/mol. The molecule has 0 unspecified atom stereocenters. The second-order valence-corrected chi connectivity index (χ2v) is 3.83. The topological polar surface area (TPSA) is 108 Å².